The Morgan fingerprint density at radius 2 is 2.06 bits per heavy atom. The monoisotopic (exact) mass is 255 g/mol. The van der Waals surface area contributed by atoms with Crippen molar-refractivity contribution in [3.05, 3.63) is 27.7 Å². The van der Waals surface area contributed by atoms with Crippen molar-refractivity contribution in [2.45, 2.75) is 44.4 Å². The lowest BCUT2D eigenvalue weighted by atomic mass is 10.2. The first-order chi connectivity index (χ1) is 7.82. The number of pyridine rings is 1. The first-order valence-electron chi connectivity index (χ1n) is 5.42. The van der Waals surface area contributed by atoms with E-state index in [0.29, 0.717) is 16.5 Å². The van der Waals surface area contributed by atoms with E-state index in [2.05, 4.69) is 13.8 Å². The van der Waals surface area contributed by atoms with E-state index >= 15 is 0 Å². The molecule has 0 bridgehead atoms. The summed E-state index contributed by atoms with van der Waals surface area (Å²) in [6.45, 7) is 7.33. The van der Waals surface area contributed by atoms with Gasteiger partial charge in [0.25, 0.3) is 5.56 Å². The zero-order valence-corrected chi connectivity index (χ0v) is 11.3. The van der Waals surface area contributed by atoms with Crippen molar-refractivity contribution in [2.24, 2.45) is 0 Å². The zero-order valence-electron chi connectivity index (χ0n) is 10.5. The maximum absolute atomic E-state index is 12.0. The number of hydrogen-bond acceptors (Lipinski definition) is 3. The molecule has 0 aliphatic heterocycles. The molecule has 0 aliphatic rings. The van der Waals surface area contributed by atoms with Crippen molar-refractivity contribution in [2.75, 3.05) is 0 Å². The molecule has 0 aromatic carbocycles. The van der Waals surface area contributed by atoms with Crippen LogP contribution in [0.3, 0.4) is 0 Å². The first kappa shape index (κ1) is 13.8. The van der Waals surface area contributed by atoms with Crippen LogP contribution < -0.4 is 5.56 Å². The molecule has 0 amide bonds. The molecule has 0 saturated heterocycles. The fraction of sp³-hybridized carbons (Fsp3) is 0.500. The molecule has 0 atom stereocenters. The lowest BCUT2D eigenvalue weighted by Crippen LogP contribution is -2.28. The number of carbonyl (C=O) groups is 1. The summed E-state index contributed by atoms with van der Waals surface area (Å²) in [4.78, 5) is 23.6. The largest absolute Gasteiger partial charge is 0.480 e. The second kappa shape index (κ2) is 5.40. The van der Waals surface area contributed by atoms with Crippen LogP contribution in [0.5, 0.6) is 0 Å². The second-order valence-corrected chi connectivity index (χ2v) is 5.84. The topological polar surface area (TPSA) is 59.3 Å². The summed E-state index contributed by atoms with van der Waals surface area (Å²) in [6.07, 6.45) is 0. The molecule has 1 aromatic rings. The highest BCUT2D eigenvalue weighted by atomic mass is 32.2. The van der Waals surface area contributed by atoms with Gasteiger partial charge >= 0.3 is 5.97 Å². The van der Waals surface area contributed by atoms with Crippen LogP contribution in [0.15, 0.2) is 15.8 Å². The zero-order chi connectivity index (χ0) is 13.2. The maximum Gasteiger partial charge on any atom is 0.323 e. The van der Waals surface area contributed by atoms with Crippen molar-refractivity contribution in [1.82, 2.24) is 4.57 Å². The van der Waals surface area contributed by atoms with Gasteiger partial charge in [0, 0.05) is 21.4 Å². The minimum atomic E-state index is -1.00. The first-order valence-corrected chi connectivity index (χ1v) is 6.30. The average Bonchev–Trinajstić information content (AvgIpc) is 2.20. The Morgan fingerprint density at radius 3 is 2.53 bits per heavy atom. The molecule has 0 saturated carbocycles. The predicted molar refractivity (Wildman–Crippen MR) is 68.8 cm³/mol. The molecule has 0 unspecified atom stereocenters. The van der Waals surface area contributed by atoms with Crippen LogP contribution in [-0.4, -0.2) is 20.9 Å². The number of nitrogens with zero attached hydrogens (tertiary/aromatic N) is 1. The molecule has 1 aromatic heterocycles. The van der Waals surface area contributed by atoms with E-state index < -0.39 is 5.97 Å². The van der Waals surface area contributed by atoms with Crippen LogP contribution in [-0.2, 0) is 11.3 Å². The van der Waals surface area contributed by atoms with Gasteiger partial charge in [-0.15, -0.1) is 11.8 Å². The minimum Gasteiger partial charge on any atom is -0.480 e. The van der Waals surface area contributed by atoms with Gasteiger partial charge in [-0.3, -0.25) is 9.59 Å². The summed E-state index contributed by atoms with van der Waals surface area (Å²) < 4.78 is 1.29. The van der Waals surface area contributed by atoms with Gasteiger partial charge in [0.1, 0.15) is 6.54 Å². The van der Waals surface area contributed by atoms with Crippen molar-refractivity contribution in [1.29, 1.82) is 0 Å². The summed E-state index contributed by atoms with van der Waals surface area (Å²) >= 11 is 1.62. The van der Waals surface area contributed by atoms with Crippen molar-refractivity contribution in [3.8, 4) is 0 Å². The molecule has 0 aliphatic carbocycles. The Labute approximate surface area is 105 Å². The molecule has 0 fully saturated rings. The Hall–Kier alpha value is -1.23. The van der Waals surface area contributed by atoms with Gasteiger partial charge in [0.2, 0.25) is 0 Å². The van der Waals surface area contributed by atoms with Gasteiger partial charge in [0.05, 0.1) is 0 Å². The summed E-state index contributed by atoms with van der Waals surface area (Å²) in [5.41, 5.74) is 1.09. The van der Waals surface area contributed by atoms with Crippen LogP contribution in [0, 0.1) is 13.8 Å². The Balaban J connectivity index is 3.26. The van der Waals surface area contributed by atoms with Crippen LogP contribution >= 0.6 is 11.8 Å². The van der Waals surface area contributed by atoms with E-state index in [1.807, 2.05) is 6.07 Å². The number of aliphatic carboxylic acids is 1. The molecule has 0 radical (unpaired) electrons. The van der Waals surface area contributed by atoms with Crippen LogP contribution in [0.25, 0.3) is 0 Å². The molecule has 4 nitrogen and oxygen atoms in total. The van der Waals surface area contributed by atoms with Gasteiger partial charge in [-0.05, 0) is 19.9 Å². The highest BCUT2D eigenvalue weighted by Crippen LogP contribution is 2.25. The van der Waals surface area contributed by atoms with Gasteiger partial charge in [-0.1, -0.05) is 13.8 Å². The molecular weight excluding hydrogens is 238 g/mol. The average molecular weight is 255 g/mol. The number of hydrogen-bond donors (Lipinski definition) is 1. The third kappa shape index (κ3) is 3.36. The lowest BCUT2D eigenvalue weighted by molar-refractivity contribution is -0.137. The van der Waals surface area contributed by atoms with Gasteiger partial charge in [-0.2, -0.15) is 0 Å². The predicted octanol–water partition coefficient (Wildman–Crippen LogP) is 2.05. The Morgan fingerprint density at radius 1 is 1.47 bits per heavy atom. The van der Waals surface area contributed by atoms with E-state index in [9.17, 15) is 9.59 Å². The molecule has 1 heterocycles. The number of aryl methyl sites for hydroxylation is 1. The Kier molecular flexibility index (Phi) is 4.40. The number of thioether (sulfide) groups is 1. The van der Waals surface area contributed by atoms with E-state index in [1.54, 1.807) is 25.6 Å². The summed E-state index contributed by atoms with van der Waals surface area (Å²) in [5.74, 6) is -1.00. The molecule has 1 N–H and O–H groups in total. The highest BCUT2D eigenvalue weighted by Gasteiger charge is 2.12. The minimum absolute atomic E-state index is 0.212. The maximum atomic E-state index is 12.0. The molecule has 0 spiro atoms. The fourth-order valence-corrected chi connectivity index (χ4v) is 2.56. The van der Waals surface area contributed by atoms with Crippen molar-refractivity contribution < 1.29 is 9.90 Å². The molecule has 17 heavy (non-hydrogen) atoms. The smallest absolute Gasteiger partial charge is 0.323 e. The normalized spacial score (nSPS) is 10.9. The van der Waals surface area contributed by atoms with E-state index in [4.69, 9.17) is 5.11 Å². The molecule has 94 valence electrons. The fourth-order valence-electron chi connectivity index (χ4n) is 1.55. The number of carboxylic acids is 1. The third-order valence-corrected chi connectivity index (χ3v) is 3.51. The number of aromatic nitrogens is 1. The van der Waals surface area contributed by atoms with Crippen LogP contribution in [0.2, 0.25) is 0 Å². The standard InChI is InChI=1S/C12H17NO3S/c1-7(2)17-10-5-8(3)13(6-11(14)15)12(16)9(10)4/h5,7H,6H2,1-4H3,(H,14,15). The van der Waals surface area contributed by atoms with Gasteiger partial charge in [-0.25, -0.2) is 0 Å². The van der Waals surface area contributed by atoms with Crippen LogP contribution in [0.1, 0.15) is 25.1 Å². The summed E-state index contributed by atoms with van der Waals surface area (Å²) in [5, 5.41) is 9.15. The SMILES string of the molecule is Cc1c(SC(C)C)cc(C)n(CC(=O)O)c1=O. The third-order valence-electron chi connectivity index (χ3n) is 2.36. The summed E-state index contributed by atoms with van der Waals surface area (Å²) in [6, 6.07) is 1.88. The van der Waals surface area contributed by atoms with Gasteiger partial charge in [0.15, 0.2) is 0 Å². The van der Waals surface area contributed by atoms with E-state index in [1.165, 1.54) is 4.57 Å². The molecule has 5 heteroatoms. The van der Waals surface area contributed by atoms with E-state index in [-0.39, 0.29) is 12.1 Å². The van der Waals surface area contributed by atoms with Gasteiger partial charge < -0.3 is 9.67 Å². The quantitative estimate of drug-likeness (QED) is 0.837. The number of carboxylic acid groups (broad SMARTS) is 1. The van der Waals surface area contributed by atoms with Crippen molar-refractivity contribution >= 4 is 17.7 Å². The lowest BCUT2D eigenvalue weighted by Gasteiger charge is -2.13. The summed E-state index contributed by atoms with van der Waals surface area (Å²) in [7, 11) is 0. The Bertz CT molecular complexity index is 491. The van der Waals surface area contributed by atoms with Crippen molar-refractivity contribution in [3.63, 3.8) is 0 Å². The second-order valence-electron chi connectivity index (χ2n) is 4.23. The van der Waals surface area contributed by atoms with Crippen LogP contribution in [0.4, 0.5) is 0 Å². The van der Waals surface area contributed by atoms with E-state index in [0.717, 1.165) is 4.90 Å². The highest BCUT2D eigenvalue weighted by molar-refractivity contribution is 8.00. The molecular formula is C12H17NO3S. The molecule has 1 rings (SSSR count). The number of rotatable bonds is 4.